The average molecular weight is 430 g/mol. The first-order chi connectivity index (χ1) is 12.9. The third-order valence-corrected chi connectivity index (χ3v) is 4.77. The molecule has 0 aliphatic rings. The Kier molecular flexibility index (Phi) is 5.75. The fourth-order valence-electron chi connectivity index (χ4n) is 2.94. The van der Waals surface area contributed by atoms with Crippen LogP contribution in [0.15, 0.2) is 53.0 Å². The summed E-state index contributed by atoms with van der Waals surface area (Å²) >= 11 is 3.39. The van der Waals surface area contributed by atoms with E-state index in [1.807, 2.05) is 60.1 Å². The second-order valence-corrected chi connectivity index (χ2v) is 7.09. The number of aryl methyl sites for hydroxylation is 1. The Morgan fingerprint density at radius 2 is 2.00 bits per heavy atom. The van der Waals surface area contributed by atoms with E-state index in [9.17, 15) is 9.59 Å². The molecule has 0 radical (unpaired) electrons. The molecule has 1 atom stereocenters. The summed E-state index contributed by atoms with van der Waals surface area (Å²) in [4.78, 5) is 28.3. The van der Waals surface area contributed by atoms with Gasteiger partial charge in [-0.25, -0.2) is 9.78 Å². The largest absolute Gasteiger partial charge is 0.352 e. The Bertz CT molecular complexity index is 985. The number of fused-ring (bicyclic) bond motifs is 1. The van der Waals surface area contributed by atoms with Crippen LogP contribution in [0.5, 0.6) is 0 Å². The van der Waals surface area contributed by atoms with Gasteiger partial charge in [-0.2, -0.15) is 0 Å². The van der Waals surface area contributed by atoms with Gasteiger partial charge in [0.15, 0.2) is 0 Å². The topological polar surface area (TPSA) is 102 Å². The number of nitrogens with one attached hydrogen (secondary N) is 2. The maximum absolute atomic E-state index is 12.4. The van der Waals surface area contributed by atoms with Gasteiger partial charge in [0, 0.05) is 11.5 Å². The fraction of sp³-hybridized carbons (Fsp3) is 0.211. The minimum Gasteiger partial charge on any atom is -0.352 e. The van der Waals surface area contributed by atoms with Crippen molar-refractivity contribution in [1.29, 1.82) is 0 Å². The Balaban J connectivity index is 1.68. The van der Waals surface area contributed by atoms with Crippen LogP contribution < -0.4 is 16.4 Å². The van der Waals surface area contributed by atoms with Crippen LogP contribution in [0.4, 0.5) is 4.79 Å². The molecule has 0 aliphatic carbocycles. The maximum atomic E-state index is 12.4. The van der Waals surface area contributed by atoms with Gasteiger partial charge in [0.2, 0.25) is 5.91 Å². The molecule has 0 saturated heterocycles. The normalized spacial score (nSPS) is 11.9. The maximum Gasteiger partial charge on any atom is 0.312 e. The number of nitrogens with two attached hydrogens (primary N) is 1. The number of rotatable bonds is 6. The smallest absolute Gasteiger partial charge is 0.312 e. The number of nitrogens with zero attached hydrogens (tertiary/aromatic N) is 2. The number of primary amides is 1. The van der Waals surface area contributed by atoms with Crippen molar-refractivity contribution in [3.05, 3.63) is 64.4 Å². The van der Waals surface area contributed by atoms with E-state index in [4.69, 9.17) is 5.73 Å². The van der Waals surface area contributed by atoms with Crippen molar-refractivity contribution < 1.29 is 9.59 Å². The zero-order chi connectivity index (χ0) is 19.4. The summed E-state index contributed by atoms with van der Waals surface area (Å²) in [6, 6.07) is 14.0. The number of carbonyl (C=O) groups is 2. The molecule has 7 nitrogen and oxygen atoms in total. The van der Waals surface area contributed by atoms with Gasteiger partial charge >= 0.3 is 6.03 Å². The van der Waals surface area contributed by atoms with E-state index in [-0.39, 0.29) is 12.3 Å². The molecule has 3 aromatic rings. The molecule has 2 aromatic carbocycles. The summed E-state index contributed by atoms with van der Waals surface area (Å²) in [5.41, 5.74) is 7.94. The molecule has 140 valence electrons. The van der Waals surface area contributed by atoms with Crippen LogP contribution >= 0.6 is 15.9 Å². The molecule has 0 bridgehead atoms. The molecule has 0 spiro atoms. The highest BCUT2D eigenvalue weighted by atomic mass is 79.9. The lowest BCUT2D eigenvalue weighted by Crippen LogP contribution is -2.36. The molecule has 0 unspecified atom stereocenters. The van der Waals surface area contributed by atoms with Gasteiger partial charge in [0.1, 0.15) is 5.82 Å². The van der Waals surface area contributed by atoms with Crippen molar-refractivity contribution in [3.8, 4) is 0 Å². The quantitative estimate of drug-likeness (QED) is 0.561. The Hall–Kier alpha value is -2.87. The number of benzene rings is 2. The van der Waals surface area contributed by atoms with Gasteiger partial charge in [-0.1, -0.05) is 40.2 Å². The lowest BCUT2D eigenvalue weighted by molar-refractivity contribution is -0.121. The average Bonchev–Trinajstić information content (AvgIpc) is 2.95. The summed E-state index contributed by atoms with van der Waals surface area (Å²) in [6.45, 7) is 0.297. The first-order valence-electron chi connectivity index (χ1n) is 8.42. The molecule has 1 aromatic heterocycles. The number of carbonyl (C=O) groups excluding carboxylic acids is 2. The Labute approximate surface area is 165 Å². The van der Waals surface area contributed by atoms with Crippen LogP contribution in [0.25, 0.3) is 11.0 Å². The van der Waals surface area contributed by atoms with Crippen LogP contribution in [-0.2, 0) is 18.4 Å². The summed E-state index contributed by atoms with van der Waals surface area (Å²) < 4.78 is 2.81. The van der Waals surface area contributed by atoms with E-state index in [0.29, 0.717) is 6.54 Å². The number of imidazole rings is 1. The van der Waals surface area contributed by atoms with Crippen molar-refractivity contribution >= 4 is 38.9 Å². The third-order valence-electron chi connectivity index (χ3n) is 4.28. The van der Waals surface area contributed by atoms with Crippen molar-refractivity contribution in [2.75, 3.05) is 0 Å². The van der Waals surface area contributed by atoms with Crippen molar-refractivity contribution in [2.24, 2.45) is 12.8 Å². The highest BCUT2D eigenvalue weighted by Gasteiger charge is 2.18. The molecular weight excluding hydrogens is 410 g/mol. The van der Waals surface area contributed by atoms with Gasteiger partial charge in [-0.3, -0.25) is 4.79 Å². The number of para-hydroxylation sites is 2. The van der Waals surface area contributed by atoms with E-state index in [2.05, 4.69) is 31.5 Å². The molecular formula is C19H20BrN5O2. The van der Waals surface area contributed by atoms with Gasteiger partial charge in [0.25, 0.3) is 0 Å². The SMILES string of the molecule is Cn1c(CNC(=O)C[C@H](NC(N)=O)c2cccc(Br)c2)nc2ccccc21. The number of hydrogen-bond acceptors (Lipinski definition) is 3. The van der Waals surface area contributed by atoms with Gasteiger partial charge in [0.05, 0.1) is 30.0 Å². The van der Waals surface area contributed by atoms with Gasteiger partial charge < -0.3 is 20.9 Å². The molecule has 8 heteroatoms. The predicted octanol–water partition coefficient (Wildman–Crippen LogP) is 2.75. The molecule has 0 saturated carbocycles. The molecule has 3 amide bonds. The molecule has 4 N–H and O–H groups in total. The number of hydrogen-bond donors (Lipinski definition) is 3. The van der Waals surface area contributed by atoms with Crippen LogP contribution in [0, 0.1) is 0 Å². The minimum absolute atomic E-state index is 0.0728. The highest BCUT2D eigenvalue weighted by molar-refractivity contribution is 9.10. The van der Waals surface area contributed by atoms with E-state index < -0.39 is 12.1 Å². The Morgan fingerprint density at radius 1 is 1.22 bits per heavy atom. The van der Waals surface area contributed by atoms with Crippen LogP contribution in [0.2, 0.25) is 0 Å². The van der Waals surface area contributed by atoms with Crippen LogP contribution in [0.1, 0.15) is 23.9 Å². The fourth-order valence-corrected chi connectivity index (χ4v) is 3.35. The van der Waals surface area contributed by atoms with E-state index in [1.54, 1.807) is 0 Å². The van der Waals surface area contributed by atoms with Gasteiger partial charge in [-0.05, 0) is 29.8 Å². The molecule has 27 heavy (non-hydrogen) atoms. The zero-order valence-electron chi connectivity index (χ0n) is 14.8. The summed E-state index contributed by atoms with van der Waals surface area (Å²) in [5.74, 6) is 0.548. The predicted molar refractivity (Wildman–Crippen MR) is 107 cm³/mol. The second-order valence-electron chi connectivity index (χ2n) is 6.17. The second kappa shape index (κ2) is 8.22. The molecule has 1 heterocycles. The number of amides is 3. The number of aromatic nitrogens is 2. The first kappa shape index (κ1) is 18.9. The van der Waals surface area contributed by atoms with Gasteiger partial charge in [-0.15, -0.1) is 0 Å². The highest BCUT2D eigenvalue weighted by Crippen LogP contribution is 2.21. The summed E-state index contributed by atoms with van der Waals surface area (Å²) in [6.07, 6.45) is 0.0728. The Morgan fingerprint density at radius 3 is 2.70 bits per heavy atom. The first-order valence-corrected chi connectivity index (χ1v) is 9.22. The van der Waals surface area contributed by atoms with Crippen molar-refractivity contribution in [3.63, 3.8) is 0 Å². The molecule has 3 rings (SSSR count). The summed E-state index contributed by atoms with van der Waals surface area (Å²) in [5, 5.41) is 5.48. The number of urea groups is 1. The summed E-state index contributed by atoms with van der Waals surface area (Å²) in [7, 11) is 1.91. The minimum atomic E-state index is -0.678. The molecule has 0 aliphatic heterocycles. The number of halogens is 1. The van der Waals surface area contributed by atoms with E-state index in [0.717, 1.165) is 26.9 Å². The lowest BCUT2D eigenvalue weighted by Gasteiger charge is -2.18. The van der Waals surface area contributed by atoms with Crippen LogP contribution in [0.3, 0.4) is 0 Å². The monoisotopic (exact) mass is 429 g/mol. The van der Waals surface area contributed by atoms with Crippen LogP contribution in [-0.4, -0.2) is 21.5 Å². The van der Waals surface area contributed by atoms with E-state index >= 15 is 0 Å². The molecule has 0 fully saturated rings. The third kappa shape index (κ3) is 4.65. The van der Waals surface area contributed by atoms with Crippen molar-refractivity contribution in [2.45, 2.75) is 19.0 Å². The van der Waals surface area contributed by atoms with Crippen molar-refractivity contribution in [1.82, 2.24) is 20.2 Å². The lowest BCUT2D eigenvalue weighted by atomic mass is 10.0. The standard InChI is InChI=1S/C19H20BrN5O2/c1-25-16-8-3-2-7-14(16)23-17(25)11-22-18(26)10-15(24-19(21)27)12-5-4-6-13(20)9-12/h2-9,15H,10-11H2,1H3,(H,22,26)(H3,21,24,27)/t15-/m0/s1. The van der Waals surface area contributed by atoms with E-state index in [1.165, 1.54) is 0 Å². The zero-order valence-corrected chi connectivity index (χ0v) is 16.4.